The van der Waals surface area contributed by atoms with Crippen molar-refractivity contribution in [1.82, 2.24) is 14.9 Å². The summed E-state index contributed by atoms with van der Waals surface area (Å²) in [5.74, 6) is 0.411. The summed E-state index contributed by atoms with van der Waals surface area (Å²) in [6.45, 7) is 3.81. The molecular formula is C19H30ClN3O3S. The molecule has 2 N–H and O–H groups in total. The number of amides is 1. The van der Waals surface area contributed by atoms with E-state index in [0.29, 0.717) is 31.1 Å². The van der Waals surface area contributed by atoms with Crippen molar-refractivity contribution in [2.24, 2.45) is 5.92 Å². The summed E-state index contributed by atoms with van der Waals surface area (Å²) in [5.41, 5.74) is 0.408. The van der Waals surface area contributed by atoms with Gasteiger partial charge in [-0.15, -0.1) is 12.4 Å². The molecule has 1 unspecified atom stereocenters. The van der Waals surface area contributed by atoms with Gasteiger partial charge in [0.1, 0.15) is 0 Å². The normalized spacial score (nSPS) is 21.3. The first kappa shape index (κ1) is 22.1. The molecule has 0 aliphatic carbocycles. The van der Waals surface area contributed by atoms with Gasteiger partial charge in [0, 0.05) is 25.2 Å². The molecule has 27 heavy (non-hydrogen) atoms. The zero-order valence-corrected chi connectivity index (χ0v) is 17.3. The highest BCUT2D eigenvalue weighted by atomic mass is 35.5. The van der Waals surface area contributed by atoms with Crippen molar-refractivity contribution in [3.8, 4) is 0 Å². The first-order valence-electron chi connectivity index (χ1n) is 9.66. The molecule has 0 aromatic heterocycles. The van der Waals surface area contributed by atoms with Crippen LogP contribution in [0.25, 0.3) is 0 Å². The fourth-order valence-electron chi connectivity index (χ4n) is 3.68. The SMILES string of the molecule is Cl.O=C(NCCC1CCNC1)c1cccc(S(=O)(=O)N2CCCCCC2)c1. The van der Waals surface area contributed by atoms with Gasteiger partial charge in [0.2, 0.25) is 10.0 Å². The minimum Gasteiger partial charge on any atom is -0.352 e. The van der Waals surface area contributed by atoms with E-state index in [1.165, 1.54) is 6.07 Å². The summed E-state index contributed by atoms with van der Waals surface area (Å²) in [5, 5.41) is 6.24. The number of carbonyl (C=O) groups is 1. The van der Waals surface area contributed by atoms with Crippen molar-refractivity contribution in [2.45, 2.75) is 43.4 Å². The van der Waals surface area contributed by atoms with E-state index in [0.717, 1.165) is 51.6 Å². The third kappa shape index (κ3) is 5.91. The zero-order chi connectivity index (χ0) is 18.4. The third-order valence-corrected chi connectivity index (χ3v) is 7.19. The Morgan fingerprint density at radius 3 is 2.59 bits per heavy atom. The molecule has 3 rings (SSSR count). The minimum atomic E-state index is -3.53. The lowest BCUT2D eigenvalue weighted by atomic mass is 10.1. The first-order valence-corrected chi connectivity index (χ1v) is 11.1. The van der Waals surface area contributed by atoms with Gasteiger partial charge in [0.05, 0.1) is 4.90 Å². The Labute approximate surface area is 168 Å². The molecule has 6 nitrogen and oxygen atoms in total. The second kappa shape index (κ2) is 10.4. The molecule has 2 saturated heterocycles. The quantitative estimate of drug-likeness (QED) is 0.747. The lowest BCUT2D eigenvalue weighted by Crippen LogP contribution is -2.32. The number of sulfonamides is 1. The van der Waals surface area contributed by atoms with E-state index in [2.05, 4.69) is 10.6 Å². The summed E-state index contributed by atoms with van der Waals surface area (Å²) < 4.78 is 27.3. The van der Waals surface area contributed by atoms with Crippen LogP contribution in [-0.2, 0) is 10.0 Å². The number of halogens is 1. The Morgan fingerprint density at radius 1 is 1.19 bits per heavy atom. The van der Waals surface area contributed by atoms with Crippen LogP contribution in [0.1, 0.15) is 48.9 Å². The molecule has 0 saturated carbocycles. The van der Waals surface area contributed by atoms with Gasteiger partial charge in [0.15, 0.2) is 0 Å². The van der Waals surface area contributed by atoms with Gasteiger partial charge in [-0.1, -0.05) is 18.9 Å². The summed E-state index contributed by atoms with van der Waals surface area (Å²) in [6.07, 6.45) is 6.05. The maximum Gasteiger partial charge on any atom is 0.251 e. The van der Waals surface area contributed by atoms with Crippen molar-refractivity contribution >= 4 is 28.3 Å². The Bertz CT molecular complexity index is 713. The van der Waals surface area contributed by atoms with Crippen molar-refractivity contribution in [3.63, 3.8) is 0 Å². The number of carbonyl (C=O) groups excluding carboxylic acids is 1. The molecular weight excluding hydrogens is 386 g/mol. The van der Waals surface area contributed by atoms with Crippen molar-refractivity contribution in [2.75, 3.05) is 32.7 Å². The van der Waals surface area contributed by atoms with Gasteiger partial charge in [-0.05, 0) is 62.9 Å². The summed E-state index contributed by atoms with van der Waals surface area (Å²) in [6, 6.07) is 6.42. The maximum absolute atomic E-state index is 12.9. The van der Waals surface area contributed by atoms with Gasteiger partial charge in [-0.3, -0.25) is 4.79 Å². The average molecular weight is 416 g/mol. The van der Waals surface area contributed by atoms with Crippen molar-refractivity contribution in [3.05, 3.63) is 29.8 Å². The predicted molar refractivity (Wildman–Crippen MR) is 109 cm³/mol. The molecule has 1 atom stereocenters. The highest BCUT2D eigenvalue weighted by Gasteiger charge is 2.25. The molecule has 2 fully saturated rings. The Morgan fingerprint density at radius 2 is 1.93 bits per heavy atom. The van der Waals surface area contributed by atoms with Crippen LogP contribution >= 0.6 is 12.4 Å². The zero-order valence-electron chi connectivity index (χ0n) is 15.7. The molecule has 1 aromatic rings. The number of nitrogens with one attached hydrogen (secondary N) is 2. The van der Waals surface area contributed by atoms with Gasteiger partial charge < -0.3 is 10.6 Å². The standard InChI is InChI=1S/C19H29N3O3S.ClH/c23-19(21-11-9-16-8-10-20-15-16)17-6-5-7-18(14-17)26(24,25)22-12-3-1-2-4-13-22;/h5-7,14,16,20H,1-4,8-13,15H2,(H,21,23);1H. The lowest BCUT2D eigenvalue weighted by Gasteiger charge is -2.20. The number of hydrogen-bond acceptors (Lipinski definition) is 4. The molecule has 8 heteroatoms. The van der Waals surface area contributed by atoms with Gasteiger partial charge in [0.25, 0.3) is 5.91 Å². The second-order valence-electron chi connectivity index (χ2n) is 7.25. The van der Waals surface area contributed by atoms with Crippen LogP contribution in [0.2, 0.25) is 0 Å². The molecule has 0 spiro atoms. The molecule has 0 radical (unpaired) electrons. The fraction of sp³-hybridized carbons (Fsp3) is 0.632. The third-order valence-electron chi connectivity index (χ3n) is 5.30. The average Bonchev–Trinajstić information content (AvgIpc) is 3.00. The Balaban J connectivity index is 0.00000261. The molecule has 1 amide bonds. The fourth-order valence-corrected chi connectivity index (χ4v) is 5.25. The van der Waals surface area contributed by atoms with E-state index in [1.54, 1.807) is 22.5 Å². The molecule has 2 aliphatic rings. The van der Waals surface area contributed by atoms with Crippen molar-refractivity contribution in [1.29, 1.82) is 0 Å². The summed E-state index contributed by atoms with van der Waals surface area (Å²) in [7, 11) is -3.53. The molecule has 1 aromatic carbocycles. The molecule has 2 aliphatic heterocycles. The van der Waals surface area contributed by atoms with E-state index in [1.807, 2.05) is 0 Å². The number of benzene rings is 1. The van der Waals surface area contributed by atoms with Gasteiger partial charge in [-0.25, -0.2) is 8.42 Å². The largest absolute Gasteiger partial charge is 0.352 e. The molecule has 0 bridgehead atoms. The lowest BCUT2D eigenvalue weighted by molar-refractivity contribution is 0.0951. The Hall–Kier alpha value is -1.15. The number of rotatable bonds is 6. The van der Waals surface area contributed by atoms with Crippen LogP contribution in [-0.4, -0.2) is 51.4 Å². The van der Waals surface area contributed by atoms with Gasteiger partial charge >= 0.3 is 0 Å². The van der Waals surface area contributed by atoms with E-state index >= 15 is 0 Å². The summed E-state index contributed by atoms with van der Waals surface area (Å²) >= 11 is 0. The number of nitrogens with zero attached hydrogens (tertiary/aromatic N) is 1. The molecule has 2 heterocycles. The van der Waals surface area contributed by atoms with Crippen LogP contribution in [0.4, 0.5) is 0 Å². The second-order valence-corrected chi connectivity index (χ2v) is 9.19. The Kier molecular flexibility index (Phi) is 8.54. The minimum absolute atomic E-state index is 0. The first-order chi connectivity index (χ1) is 12.6. The smallest absolute Gasteiger partial charge is 0.251 e. The van der Waals surface area contributed by atoms with E-state index in [4.69, 9.17) is 0 Å². The van der Waals surface area contributed by atoms with Gasteiger partial charge in [-0.2, -0.15) is 4.31 Å². The maximum atomic E-state index is 12.9. The number of hydrogen-bond donors (Lipinski definition) is 2. The summed E-state index contributed by atoms with van der Waals surface area (Å²) in [4.78, 5) is 12.6. The van der Waals surface area contributed by atoms with Crippen molar-refractivity contribution < 1.29 is 13.2 Å². The highest BCUT2D eigenvalue weighted by molar-refractivity contribution is 7.89. The molecule has 152 valence electrons. The van der Waals surface area contributed by atoms with Crippen LogP contribution in [0, 0.1) is 5.92 Å². The predicted octanol–water partition coefficient (Wildman–Crippen LogP) is 2.40. The van der Waals surface area contributed by atoms with E-state index in [9.17, 15) is 13.2 Å². The van der Waals surface area contributed by atoms with Crippen LogP contribution in [0.15, 0.2) is 29.2 Å². The van der Waals surface area contributed by atoms with Crippen LogP contribution < -0.4 is 10.6 Å². The topological polar surface area (TPSA) is 78.5 Å². The van der Waals surface area contributed by atoms with Crippen LogP contribution in [0.5, 0.6) is 0 Å². The highest BCUT2D eigenvalue weighted by Crippen LogP contribution is 2.21. The monoisotopic (exact) mass is 415 g/mol. The van der Waals surface area contributed by atoms with E-state index < -0.39 is 10.0 Å². The van der Waals surface area contributed by atoms with Crippen LogP contribution in [0.3, 0.4) is 0 Å². The van der Waals surface area contributed by atoms with E-state index in [-0.39, 0.29) is 23.2 Å².